The normalized spacial score (nSPS) is 11.4. The van der Waals surface area contributed by atoms with Crippen molar-refractivity contribution in [3.05, 3.63) is 28.2 Å². The summed E-state index contributed by atoms with van der Waals surface area (Å²) in [5, 5.41) is 4.09. The van der Waals surface area contributed by atoms with E-state index in [2.05, 4.69) is 5.32 Å². The molecule has 6 heteroatoms. The summed E-state index contributed by atoms with van der Waals surface area (Å²) < 4.78 is 21.8. The number of benzene rings is 1. The highest BCUT2D eigenvalue weighted by Crippen LogP contribution is 2.29. The van der Waals surface area contributed by atoms with Crippen molar-refractivity contribution < 1.29 is 8.42 Å². The summed E-state index contributed by atoms with van der Waals surface area (Å²) in [6, 6.07) is 5.21. The molecule has 1 N–H and O–H groups in total. The third kappa shape index (κ3) is 4.60. The molecule has 0 aliphatic rings. The van der Waals surface area contributed by atoms with Crippen LogP contribution in [0.25, 0.3) is 0 Å². The standard InChI is InChI=1S/C10H13Cl2NO2S/c1-16(14,15)7-3-6-13-10-8(11)4-2-5-9(10)12/h2,4-5,13H,3,6-7H2,1H3. The van der Waals surface area contributed by atoms with Crippen LogP contribution < -0.4 is 5.32 Å². The third-order valence-corrected chi connectivity index (χ3v) is 3.62. The smallest absolute Gasteiger partial charge is 0.147 e. The molecule has 0 unspecified atom stereocenters. The molecule has 0 fully saturated rings. The molecular formula is C10H13Cl2NO2S. The molecule has 0 heterocycles. The predicted octanol–water partition coefficient (Wildman–Crippen LogP) is 2.84. The lowest BCUT2D eigenvalue weighted by Gasteiger charge is -2.09. The topological polar surface area (TPSA) is 46.2 Å². The van der Waals surface area contributed by atoms with Gasteiger partial charge >= 0.3 is 0 Å². The highest BCUT2D eigenvalue weighted by Gasteiger charge is 2.05. The molecule has 0 aliphatic heterocycles. The van der Waals surface area contributed by atoms with Gasteiger partial charge in [-0.05, 0) is 18.6 Å². The summed E-state index contributed by atoms with van der Waals surface area (Å²) in [7, 11) is -2.90. The van der Waals surface area contributed by atoms with E-state index in [-0.39, 0.29) is 5.75 Å². The van der Waals surface area contributed by atoms with Gasteiger partial charge in [-0.15, -0.1) is 0 Å². The van der Waals surface area contributed by atoms with Crippen LogP contribution in [0.1, 0.15) is 6.42 Å². The van der Waals surface area contributed by atoms with E-state index < -0.39 is 9.84 Å². The third-order valence-electron chi connectivity index (χ3n) is 1.96. The van der Waals surface area contributed by atoms with E-state index in [1.807, 2.05) is 0 Å². The number of hydrogen-bond acceptors (Lipinski definition) is 3. The largest absolute Gasteiger partial charge is 0.383 e. The van der Waals surface area contributed by atoms with Gasteiger partial charge in [0.25, 0.3) is 0 Å². The first kappa shape index (κ1) is 13.6. The molecule has 1 aromatic carbocycles. The van der Waals surface area contributed by atoms with Gasteiger partial charge in [-0.1, -0.05) is 29.3 Å². The molecular weight excluding hydrogens is 269 g/mol. The van der Waals surface area contributed by atoms with Crippen LogP contribution in [0.5, 0.6) is 0 Å². The first-order valence-corrected chi connectivity index (χ1v) is 7.57. The van der Waals surface area contributed by atoms with Gasteiger partial charge in [0.15, 0.2) is 0 Å². The minimum atomic E-state index is -2.90. The fraction of sp³-hybridized carbons (Fsp3) is 0.400. The molecule has 3 nitrogen and oxygen atoms in total. The van der Waals surface area contributed by atoms with Crippen LogP contribution in [0.4, 0.5) is 5.69 Å². The maximum Gasteiger partial charge on any atom is 0.147 e. The van der Waals surface area contributed by atoms with Crippen LogP contribution in [0, 0.1) is 0 Å². The second-order valence-electron chi connectivity index (χ2n) is 3.51. The van der Waals surface area contributed by atoms with Crippen molar-refractivity contribution in [2.45, 2.75) is 6.42 Å². The highest BCUT2D eigenvalue weighted by atomic mass is 35.5. The molecule has 0 atom stereocenters. The van der Waals surface area contributed by atoms with E-state index in [1.54, 1.807) is 18.2 Å². The Kier molecular flexibility index (Phi) is 4.89. The lowest BCUT2D eigenvalue weighted by Crippen LogP contribution is -2.10. The van der Waals surface area contributed by atoms with E-state index in [4.69, 9.17) is 23.2 Å². The summed E-state index contributed by atoms with van der Waals surface area (Å²) in [5.74, 6) is 0.155. The molecule has 1 aromatic rings. The van der Waals surface area contributed by atoms with Gasteiger partial charge in [-0.2, -0.15) is 0 Å². The number of anilines is 1. The van der Waals surface area contributed by atoms with Gasteiger partial charge in [-0.3, -0.25) is 0 Å². The lowest BCUT2D eigenvalue weighted by atomic mass is 10.3. The van der Waals surface area contributed by atoms with Gasteiger partial charge in [-0.25, -0.2) is 8.42 Å². The van der Waals surface area contributed by atoms with Crippen molar-refractivity contribution in [3.63, 3.8) is 0 Å². The maximum atomic E-state index is 10.9. The van der Waals surface area contributed by atoms with Crippen LogP contribution in [0.3, 0.4) is 0 Å². The molecule has 0 radical (unpaired) electrons. The van der Waals surface area contributed by atoms with E-state index in [0.29, 0.717) is 28.7 Å². The molecule has 0 amide bonds. The monoisotopic (exact) mass is 281 g/mol. The lowest BCUT2D eigenvalue weighted by molar-refractivity contribution is 0.600. The fourth-order valence-corrected chi connectivity index (χ4v) is 2.41. The second kappa shape index (κ2) is 5.75. The van der Waals surface area contributed by atoms with Crippen LogP contribution in [0.15, 0.2) is 18.2 Å². The number of nitrogens with one attached hydrogen (secondary N) is 1. The molecule has 0 aromatic heterocycles. The Morgan fingerprint density at radius 1 is 1.25 bits per heavy atom. The van der Waals surface area contributed by atoms with Crippen molar-refractivity contribution in [2.75, 3.05) is 23.9 Å². The Bertz CT molecular complexity index is 440. The Labute approximate surface area is 106 Å². The molecule has 0 bridgehead atoms. The van der Waals surface area contributed by atoms with Gasteiger partial charge in [0.1, 0.15) is 9.84 Å². The van der Waals surface area contributed by atoms with Crippen molar-refractivity contribution in [1.82, 2.24) is 0 Å². The minimum absolute atomic E-state index is 0.155. The first-order valence-electron chi connectivity index (χ1n) is 4.76. The molecule has 0 aliphatic carbocycles. The van der Waals surface area contributed by atoms with Crippen LogP contribution in [0.2, 0.25) is 10.0 Å². The Morgan fingerprint density at radius 2 is 1.81 bits per heavy atom. The predicted molar refractivity (Wildman–Crippen MR) is 69.3 cm³/mol. The zero-order chi connectivity index (χ0) is 12.2. The maximum absolute atomic E-state index is 10.9. The summed E-state index contributed by atoms with van der Waals surface area (Å²) in [6.07, 6.45) is 1.75. The molecule has 0 saturated carbocycles. The van der Waals surface area contributed by atoms with E-state index in [0.717, 1.165) is 0 Å². The Morgan fingerprint density at radius 3 is 2.31 bits per heavy atom. The zero-order valence-electron chi connectivity index (χ0n) is 8.83. The summed E-state index contributed by atoms with van der Waals surface area (Å²) in [5.41, 5.74) is 0.652. The molecule has 1 rings (SSSR count). The van der Waals surface area contributed by atoms with Crippen LogP contribution >= 0.6 is 23.2 Å². The summed E-state index contributed by atoms with van der Waals surface area (Å²) in [4.78, 5) is 0. The molecule has 16 heavy (non-hydrogen) atoms. The number of para-hydroxylation sites is 1. The second-order valence-corrected chi connectivity index (χ2v) is 6.58. The number of halogens is 2. The highest BCUT2D eigenvalue weighted by molar-refractivity contribution is 7.90. The zero-order valence-corrected chi connectivity index (χ0v) is 11.2. The average molecular weight is 282 g/mol. The van der Waals surface area contributed by atoms with Gasteiger partial charge in [0.2, 0.25) is 0 Å². The first-order chi connectivity index (χ1) is 7.40. The molecule has 0 spiro atoms. The van der Waals surface area contributed by atoms with Crippen molar-refractivity contribution in [1.29, 1.82) is 0 Å². The van der Waals surface area contributed by atoms with Crippen LogP contribution in [-0.4, -0.2) is 27.0 Å². The SMILES string of the molecule is CS(=O)(=O)CCCNc1c(Cl)cccc1Cl. The molecule has 90 valence electrons. The van der Waals surface area contributed by atoms with Crippen molar-refractivity contribution >= 4 is 38.7 Å². The van der Waals surface area contributed by atoms with E-state index in [9.17, 15) is 8.42 Å². The summed E-state index contributed by atoms with van der Waals surface area (Å²) in [6.45, 7) is 0.524. The quantitative estimate of drug-likeness (QED) is 0.845. The minimum Gasteiger partial charge on any atom is -0.383 e. The van der Waals surface area contributed by atoms with Crippen molar-refractivity contribution in [3.8, 4) is 0 Å². The average Bonchev–Trinajstić information content (AvgIpc) is 2.14. The van der Waals surface area contributed by atoms with Gasteiger partial charge in [0, 0.05) is 12.8 Å². The Hall–Kier alpha value is -0.450. The fourth-order valence-electron chi connectivity index (χ4n) is 1.21. The Balaban J connectivity index is 2.49. The number of hydrogen-bond donors (Lipinski definition) is 1. The van der Waals surface area contributed by atoms with E-state index in [1.165, 1.54) is 6.26 Å². The molecule has 0 saturated heterocycles. The van der Waals surface area contributed by atoms with Gasteiger partial charge in [0.05, 0.1) is 21.5 Å². The van der Waals surface area contributed by atoms with Gasteiger partial charge < -0.3 is 5.32 Å². The van der Waals surface area contributed by atoms with E-state index >= 15 is 0 Å². The number of rotatable bonds is 5. The number of sulfone groups is 1. The van der Waals surface area contributed by atoms with Crippen LogP contribution in [-0.2, 0) is 9.84 Å². The van der Waals surface area contributed by atoms with Crippen molar-refractivity contribution in [2.24, 2.45) is 0 Å². The summed E-state index contributed by atoms with van der Waals surface area (Å²) >= 11 is 11.9.